The number of amides is 1. The van der Waals surface area contributed by atoms with E-state index in [9.17, 15) is 4.79 Å². The van der Waals surface area contributed by atoms with Crippen LogP contribution in [0.5, 0.6) is 0 Å². The van der Waals surface area contributed by atoms with E-state index in [4.69, 9.17) is 5.73 Å². The Hall–Kier alpha value is -0.570. The van der Waals surface area contributed by atoms with Gasteiger partial charge in [-0.15, -0.1) is 0 Å². The van der Waals surface area contributed by atoms with Crippen molar-refractivity contribution in [3.8, 4) is 0 Å². The Morgan fingerprint density at radius 1 is 1.00 bits per heavy atom. The van der Waals surface area contributed by atoms with E-state index in [1.54, 1.807) is 0 Å². The van der Waals surface area contributed by atoms with Crippen molar-refractivity contribution >= 4 is 5.91 Å². The maximum atomic E-state index is 12.3. The molecule has 0 spiro atoms. The second kappa shape index (κ2) is 4.60. The van der Waals surface area contributed by atoms with Gasteiger partial charge in [0.05, 0.1) is 5.92 Å². The molecule has 3 aliphatic rings. The van der Waals surface area contributed by atoms with E-state index in [2.05, 4.69) is 5.32 Å². The molecule has 0 heterocycles. The third kappa shape index (κ3) is 2.10. The minimum atomic E-state index is 0.121. The van der Waals surface area contributed by atoms with E-state index >= 15 is 0 Å². The Labute approximate surface area is 104 Å². The molecule has 0 aromatic carbocycles. The minimum absolute atomic E-state index is 0.121. The van der Waals surface area contributed by atoms with E-state index in [1.165, 1.54) is 51.4 Å². The molecule has 3 N–H and O–H groups in total. The molecule has 1 amide bonds. The summed E-state index contributed by atoms with van der Waals surface area (Å²) in [5.74, 6) is 1.59. The predicted octanol–water partition coefficient (Wildman–Crippen LogP) is 1.81. The third-order valence-electron chi connectivity index (χ3n) is 5.23. The molecule has 4 unspecified atom stereocenters. The fraction of sp³-hybridized carbons (Fsp3) is 0.929. The van der Waals surface area contributed by atoms with Crippen molar-refractivity contribution in [3.63, 3.8) is 0 Å². The van der Waals surface area contributed by atoms with E-state index in [0.717, 1.165) is 0 Å². The van der Waals surface area contributed by atoms with Gasteiger partial charge in [-0.1, -0.05) is 19.3 Å². The van der Waals surface area contributed by atoms with Crippen LogP contribution in [-0.4, -0.2) is 18.0 Å². The van der Waals surface area contributed by atoms with Crippen molar-refractivity contribution in [1.29, 1.82) is 0 Å². The normalized spacial score (nSPS) is 41.7. The predicted molar refractivity (Wildman–Crippen MR) is 67.3 cm³/mol. The third-order valence-corrected chi connectivity index (χ3v) is 5.23. The lowest BCUT2D eigenvalue weighted by Gasteiger charge is -2.30. The Morgan fingerprint density at radius 2 is 1.71 bits per heavy atom. The quantitative estimate of drug-likeness (QED) is 0.768. The van der Waals surface area contributed by atoms with E-state index in [-0.39, 0.29) is 17.9 Å². The first-order valence-corrected chi connectivity index (χ1v) is 7.31. The molecule has 3 heteroatoms. The van der Waals surface area contributed by atoms with E-state index in [0.29, 0.717) is 17.9 Å². The van der Waals surface area contributed by atoms with Crippen LogP contribution in [0.2, 0.25) is 0 Å². The van der Waals surface area contributed by atoms with Crippen LogP contribution >= 0.6 is 0 Å². The number of fused-ring (bicyclic) bond motifs is 2. The van der Waals surface area contributed by atoms with Gasteiger partial charge >= 0.3 is 0 Å². The zero-order valence-corrected chi connectivity index (χ0v) is 10.5. The molecular formula is C14H24N2O. The van der Waals surface area contributed by atoms with E-state index in [1.807, 2.05) is 0 Å². The lowest BCUT2D eigenvalue weighted by Crippen LogP contribution is -2.48. The summed E-state index contributed by atoms with van der Waals surface area (Å²) in [5, 5.41) is 3.26. The monoisotopic (exact) mass is 236 g/mol. The molecule has 96 valence electrons. The molecule has 0 aromatic rings. The molecule has 2 bridgehead atoms. The molecular weight excluding hydrogens is 212 g/mol. The average molecular weight is 236 g/mol. The molecule has 3 saturated carbocycles. The molecule has 3 aliphatic carbocycles. The van der Waals surface area contributed by atoms with Gasteiger partial charge in [0.2, 0.25) is 5.91 Å². The van der Waals surface area contributed by atoms with Crippen molar-refractivity contribution in [2.75, 3.05) is 0 Å². The molecule has 3 nitrogen and oxygen atoms in total. The Bertz CT molecular complexity index is 297. The highest BCUT2D eigenvalue weighted by Gasteiger charge is 2.49. The first-order valence-electron chi connectivity index (χ1n) is 7.31. The smallest absolute Gasteiger partial charge is 0.225 e. The van der Waals surface area contributed by atoms with Crippen molar-refractivity contribution in [2.24, 2.45) is 23.5 Å². The number of rotatable bonds is 2. The SMILES string of the molecule is NC1C2CCC(C2)C1C(=O)NC1CCCCC1. The molecule has 0 radical (unpaired) electrons. The second-order valence-corrected chi connectivity index (χ2v) is 6.28. The summed E-state index contributed by atoms with van der Waals surface area (Å²) in [7, 11) is 0. The van der Waals surface area contributed by atoms with Crippen LogP contribution in [-0.2, 0) is 4.79 Å². The van der Waals surface area contributed by atoms with Gasteiger partial charge < -0.3 is 11.1 Å². The summed E-state index contributed by atoms with van der Waals surface area (Å²) in [6, 6.07) is 0.569. The van der Waals surface area contributed by atoms with Crippen LogP contribution in [0.3, 0.4) is 0 Å². The number of carbonyl (C=O) groups is 1. The maximum Gasteiger partial charge on any atom is 0.225 e. The lowest BCUT2D eigenvalue weighted by molar-refractivity contribution is -0.128. The average Bonchev–Trinajstić information content (AvgIpc) is 2.90. The summed E-state index contributed by atoms with van der Waals surface area (Å²) in [5.41, 5.74) is 6.21. The fourth-order valence-electron chi connectivity index (χ4n) is 4.27. The van der Waals surface area contributed by atoms with Crippen molar-refractivity contribution in [3.05, 3.63) is 0 Å². The van der Waals surface area contributed by atoms with Gasteiger partial charge in [-0.3, -0.25) is 4.79 Å². The minimum Gasteiger partial charge on any atom is -0.353 e. The molecule has 17 heavy (non-hydrogen) atoms. The molecule has 4 atom stereocenters. The van der Waals surface area contributed by atoms with Gasteiger partial charge in [0.1, 0.15) is 0 Å². The molecule has 0 saturated heterocycles. The zero-order chi connectivity index (χ0) is 11.8. The van der Waals surface area contributed by atoms with Crippen LogP contribution in [0.15, 0.2) is 0 Å². The lowest BCUT2D eigenvalue weighted by atomic mass is 9.84. The summed E-state index contributed by atoms with van der Waals surface area (Å²) < 4.78 is 0. The standard InChI is InChI=1S/C14H24N2O/c15-13-10-7-6-9(8-10)12(13)14(17)16-11-4-2-1-3-5-11/h9-13H,1-8,15H2,(H,16,17). The van der Waals surface area contributed by atoms with E-state index < -0.39 is 0 Å². The van der Waals surface area contributed by atoms with Gasteiger partial charge in [-0.05, 0) is 43.9 Å². The number of hydrogen-bond acceptors (Lipinski definition) is 2. The van der Waals surface area contributed by atoms with Crippen molar-refractivity contribution in [1.82, 2.24) is 5.32 Å². The Morgan fingerprint density at radius 3 is 2.35 bits per heavy atom. The molecule has 0 aliphatic heterocycles. The van der Waals surface area contributed by atoms with Crippen LogP contribution in [0.25, 0.3) is 0 Å². The van der Waals surface area contributed by atoms with Crippen molar-refractivity contribution < 1.29 is 4.79 Å². The highest BCUT2D eigenvalue weighted by molar-refractivity contribution is 5.80. The van der Waals surface area contributed by atoms with Gasteiger partial charge in [0.25, 0.3) is 0 Å². The Balaban J connectivity index is 1.58. The highest BCUT2D eigenvalue weighted by atomic mass is 16.2. The summed E-state index contributed by atoms with van der Waals surface area (Å²) >= 11 is 0. The van der Waals surface area contributed by atoms with Crippen LogP contribution in [0.1, 0.15) is 51.4 Å². The topological polar surface area (TPSA) is 55.1 Å². The highest BCUT2D eigenvalue weighted by Crippen LogP contribution is 2.47. The summed E-state index contributed by atoms with van der Waals surface area (Å²) in [6.45, 7) is 0. The van der Waals surface area contributed by atoms with Crippen LogP contribution < -0.4 is 11.1 Å². The van der Waals surface area contributed by atoms with Crippen molar-refractivity contribution in [2.45, 2.75) is 63.5 Å². The maximum absolute atomic E-state index is 12.3. The molecule has 0 aromatic heterocycles. The summed E-state index contributed by atoms with van der Waals surface area (Å²) in [6.07, 6.45) is 9.88. The Kier molecular flexibility index (Phi) is 3.12. The fourth-order valence-corrected chi connectivity index (χ4v) is 4.27. The number of carbonyl (C=O) groups excluding carboxylic acids is 1. The zero-order valence-electron chi connectivity index (χ0n) is 10.5. The van der Waals surface area contributed by atoms with Gasteiger partial charge in [0.15, 0.2) is 0 Å². The first kappa shape index (κ1) is 11.5. The number of nitrogens with one attached hydrogen (secondary N) is 1. The van der Waals surface area contributed by atoms with Gasteiger partial charge in [-0.2, -0.15) is 0 Å². The molecule has 3 rings (SSSR count). The van der Waals surface area contributed by atoms with Gasteiger partial charge in [-0.25, -0.2) is 0 Å². The number of nitrogens with two attached hydrogens (primary N) is 1. The summed E-state index contributed by atoms with van der Waals surface area (Å²) in [4.78, 5) is 12.3. The van der Waals surface area contributed by atoms with Crippen LogP contribution in [0, 0.1) is 17.8 Å². The van der Waals surface area contributed by atoms with Gasteiger partial charge in [0, 0.05) is 12.1 Å². The first-order chi connectivity index (χ1) is 8.25. The number of hydrogen-bond donors (Lipinski definition) is 2. The molecule has 3 fully saturated rings. The van der Waals surface area contributed by atoms with Crippen LogP contribution in [0.4, 0.5) is 0 Å². The second-order valence-electron chi connectivity index (χ2n) is 6.28. The largest absolute Gasteiger partial charge is 0.353 e.